The lowest BCUT2D eigenvalue weighted by Gasteiger charge is -2.14. The molecular weight excluding hydrogens is 432 g/mol. The number of hydrogen-bond donors (Lipinski definition) is 2. The second-order valence-corrected chi connectivity index (χ2v) is 8.10. The van der Waals surface area contributed by atoms with Crippen molar-refractivity contribution in [1.29, 1.82) is 0 Å². The van der Waals surface area contributed by atoms with Crippen LogP contribution < -0.4 is 4.90 Å². The molecule has 2 amide bonds. The van der Waals surface area contributed by atoms with Gasteiger partial charge in [0.15, 0.2) is 0 Å². The van der Waals surface area contributed by atoms with Crippen LogP contribution in [-0.4, -0.2) is 39.0 Å². The van der Waals surface area contributed by atoms with Crippen LogP contribution in [0.25, 0.3) is 20.8 Å². The van der Waals surface area contributed by atoms with Crippen LogP contribution in [0, 0.1) is 0 Å². The minimum Gasteiger partial charge on any atom is -0.478 e. The molecule has 1 aliphatic heterocycles. The van der Waals surface area contributed by atoms with Crippen LogP contribution >= 0.6 is 11.3 Å². The number of carbonyl (C=O) groups excluding carboxylic acids is 2. The molecule has 5 rings (SSSR count). The van der Waals surface area contributed by atoms with Crippen molar-refractivity contribution in [3.63, 3.8) is 0 Å². The Morgan fingerprint density at radius 3 is 2.09 bits per heavy atom. The van der Waals surface area contributed by atoms with Crippen molar-refractivity contribution in [2.24, 2.45) is 0 Å². The third kappa shape index (κ3) is 3.03. The van der Waals surface area contributed by atoms with Crippen LogP contribution in [0.1, 0.15) is 41.4 Å². The van der Waals surface area contributed by atoms with Gasteiger partial charge in [0.2, 0.25) is 0 Å². The zero-order valence-corrected chi connectivity index (χ0v) is 16.9. The molecule has 2 N–H and O–H groups in total. The highest BCUT2D eigenvalue weighted by molar-refractivity contribution is 7.21. The fourth-order valence-electron chi connectivity index (χ4n) is 3.54. The summed E-state index contributed by atoms with van der Waals surface area (Å²) in [5.74, 6) is -3.29. The topological polar surface area (TPSA) is 125 Å². The average Bonchev–Trinajstić information content (AvgIpc) is 3.32. The van der Waals surface area contributed by atoms with Crippen molar-refractivity contribution in [3.05, 3.63) is 82.9 Å². The number of aromatic carboxylic acids is 2. The number of nitrogens with zero attached hydrogens (tertiary/aromatic N) is 2. The summed E-state index contributed by atoms with van der Waals surface area (Å²) >= 11 is 1.34. The monoisotopic (exact) mass is 444 g/mol. The van der Waals surface area contributed by atoms with Gasteiger partial charge in [-0.25, -0.2) is 19.5 Å². The van der Waals surface area contributed by atoms with Crippen molar-refractivity contribution in [2.45, 2.75) is 0 Å². The van der Waals surface area contributed by atoms with Gasteiger partial charge in [-0.3, -0.25) is 9.59 Å². The van der Waals surface area contributed by atoms with Crippen molar-refractivity contribution in [1.82, 2.24) is 4.98 Å². The first-order chi connectivity index (χ1) is 15.3. The molecule has 4 aromatic rings. The Labute approximate surface area is 184 Å². The molecule has 32 heavy (non-hydrogen) atoms. The molecule has 0 saturated heterocycles. The van der Waals surface area contributed by atoms with Gasteiger partial charge >= 0.3 is 11.9 Å². The molecule has 8 nitrogen and oxygen atoms in total. The van der Waals surface area contributed by atoms with Crippen LogP contribution in [0.15, 0.2) is 60.7 Å². The van der Waals surface area contributed by atoms with E-state index in [0.717, 1.165) is 15.2 Å². The van der Waals surface area contributed by atoms with Crippen molar-refractivity contribution >= 4 is 51.0 Å². The third-order valence-corrected chi connectivity index (χ3v) is 6.21. The fourth-order valence-corrected chi connectivity index (χ4v) is 4.55. The summed E-state index contributed by atoms with van der Waals surface area (Å²) in [7, 11) is 0. The number of rotatable bonds is 4. The predicted molar refractivity (Wildman–Crippen MR) is 117 cm³/mol. The first kappa shape index (κ1) is 19.6. The zero-order chi connectivity index (χ0) is 22.6. The van der Waals surface area contributed by atoms with Gasteiger partial charge in [-0.05, 0) is 60.7 Å². The maximum atomic E-state index is 12.8. The summed E-state index contributed by atoms with van der Waals surface area (Å²) in [6.45, 7) is 0. The molecule has 0 saturated carbocycles. The number of amides is 2. The number of anilines is 1. The fraction of sp³-hybridized carbons (Fsp3) is 0. The van der Waals surface area contributed by atoms with Crippen LogP contribution in [0.5, 0.6) is 0 Å². The van der Waals surface area contributed by atoms with E-state index in [2.05, 4.69) is 4.98 Å². The van der Waals surface area contributed by atoms with Crippen molar-refractivity contribution in [3.8, 4) is 10.6 Å². The molecule has 1 aromatic heterocycles. The number of imide groups is 1. The first-order valence-electron chi connectivity index (χ1n) is 9.34. The summed E-state index contributed by atoms with van der Waals surface area (Å²) in [6, 6.07) is 15.2. The van der Waals surface area contributed by atoms with Crippen molar-refractivity contribution in [2.75, 3.05) is 4.90 Å². The van der Waals surface area contributed by atoms with E-state index in [9.17, 15) is 19.2 Å². The molecule has 0 atom stereocenters. The van der Waals surface area contributed by atoms with Gasteiger partial charge in [-0.1, -0.05) is 0 Å². The number of benzene rings is 3. The van der Waals surface area contributed by atoms with Gasteiger partial charge in [0.05, 0.1) is 38.2 Å². The van der Waals surface area contributed by atoms with Gasteiger partial charge in [0, 0.05) is 5.56 Å². The largest absolute Gasteiger partial charge is 0.478 e. The lowest BCUT2D eigenvalue weighted by molar-refractivity contribution is 0.0686. The van der Waals surface area contributed by atoms with E-state index in [1.807, 2.05) is 0 Å². The average molecular weight is 444 g/mol. The van der Waals surface area contributed by atoms with E-state index in [0.29, 0.717) is 16.2 Å². The van der Waals surface area contributed by atoms with Gasteiger partial charge in [-0.2, -0.15) is 0 Å². The summed E-state index contributed by atoms with van der Waals surface area (Å²) in [5, 5.41) is 19.0. The Hall–Kier alpha value is -4.37. The molecule has 156 valence electrons. The van der Waals surface area contributed by atoms with Gasteiger partial charge in [0.1, 0.15) is 5.01 Å². The highest BCUT2D eigenvalue weighted by Gasteiger charge is 2.37. The first-order valence-corrected chi connectivity index (χ1v) is 10.2. The van der Waals surface area contributed by atoms with Gasteiger partial charge < -0.3 is 10.2 Å². The zero-order valence-electron chi connectivity index (χ0n) is 16.1. The maximum absolute atomic E-state index is 12.8. The van der Waals surface area contributed by atoms with Crippen LogP contribution in [-0.2, 0) is 0 Å². The molecule has 0 bridgehead atoms. The second-order valence-electron chi connectivity index (χ2n) is 7.06. The number of aromatic nitrogens is 1. The lowest BCUT2D eigenvalue weighted by atomic mass is 10.1. The lowest BCUT2D eigenvalue weighted by Crippen LogP contribution is -2.29. The summed E-state index contributed by atoms with van der Waals surface area (Å²) in [4.78, 5) is 53.4. The molecule has 0 fully saturated rings. The Morgan fingerprint density at radius 1 is 0.781 bits per heavy atom. The molecule has 2 heterocycles. The highest BCUT2D eigenvalue weighted by Crippen LogP contribution is 2.34. The van der Waals surface area contributed by atoms with Crippen LogP contribution in [0.3, 0.4) is 0 Å². The van der Waals surface area contributed by atoms with Crippen molar-refractivity contribution < 1.29 is 29.4 Å². The van der Waals surface area contributed by atoms with E-state index < -0.39 is 23.8 Å². The normalized spacial score (nSPS) is 12.9. The minimum atomic E-state index is -1.18. The van der Waals surface area contributed by atoms with Gasteiger partial charge in [0.25, 0.3) is 11.8 Å². The number of fused-ring (bicyclic) bond motifs is 2. The summed E-state index contributed by atoms with van der Waals surface area (Å²) < 4.78 is 0.735. The van der Waals surface area contributed by atoms with Gasteiger partial charge in [-0.15, -0.1) is 11.3 Å². The number of hydrogen-bond acceptors (Lipinski definition) is 6. The molecule has 1 aliphatic rings. The Kier molecular flexibility index (Phi) is 4.35. The highest BCUT2D eigenvalue weighted by atomic mass is 32.1. The standard InChI is InChI=1S/C23H12N2O6S/c26-20-15-7-3-12(22(28)29)9-16(15)21(27)25(20)14-5-1-11(2-6-14)19-24-17-8-4-13(23(30)31)10-18(17)32-19/h1-10H,(H,28,29)(H,30,31). The Balaban J connectivity index is 1.47. The molecule has 0 unspecified atom stereocenters. The quantitative estimate of drug-likeness (QED) is 0.453. The second kappa shape index (κ2) is 7.10. The Morgan fingerprint density at radius 2 is 1.41 bits per heavy atom. The third-order valence-electron chi connectivity index (χ3n) is 5.14. The summed E-state index contributed by atoms with van der Waals surface area (Å²) in [6.07, 6.45) is 0. The molecule has 0 aliphatic carbocycles. The molecular formula is C23H12N2O6S. The minimum absolute atomic E-state index is 0.0550. The Bertz CT molecular complexity index is 1470. The van der Waals surface area contributed by atoms with E-state index >= 15 is 0 Å². The molecule has 0 spiro atoms. The summed E-state index contributed by atoms with van der Waals surface area (Å²) in [5.41, 5.74) is 2.10. The molecule has 3 aromatic carbocycles. The number of carboxylic acid groups (broad SMARTS) is 2. The SMILES string of the molecule is O=C(O)c1ccc2c(c1)C(=O)N(c1ccc(-c3nc4ccc(C(=O)O)cc4s3)cc1)C2=O. The van der Waals surface area contributed by atoms with Crippen LogP contribution in [0.4, 0.5) is 5.69 Å². The van der Waals surface area contributed by atoms with E-state index in [1.165, 1.54) is 35.6 Å². The number of carboxylic acids is 2. The smallest absolute Gasteiger partial charge is 0.335 e. The predicted octanol–water partition coefficient (Wildman–Crippen LogP) is 4.16. The molecule has 0 radical (unpaired) electrons. The number of thiazole rings is 1. The number of carbonyl (C=O) groups is 4. The molecule has 9 heteroatoms. The van der Waals surface area contributed by atoms with Crippen LogP contribution in [0.2, 0.25) is 0 Å². The van der Waals surface area contributed by atoms with E-state index in [4.69, 9.17) is 10.2 Å². The van der Waals surface area contributed by atoms with E-state index in [-0.39, 0.29) is 22.3 Å². The van der Waals surface area contributed by atoms with E-state index in [1.54, 1.807) is 36.4 Å². The maximum Gasteiger partial charge on any atom is 0.335 e.